The largest absolute Gasteiger partial charge is 0.393 e. The highest BCUT2D eigenvalue weighted by Gasteiger charge is 2.51. The molecule has 1 aliphatic heterocycles. The quantitative estimate of drug-likeness (QED) is 0.882. The van der Waals surface area contributed by atoms with Gasteiger partial charge < -0.3 is 14.7 Å². The van der Waals surface area contributed by atoms with Crippen molar-refractivity contribution in [2.45, 2.75) is 50.3 Å². The fourth-order valence-corrected chi connectivity index (χ4v) is 4.16. The number of carbonyl (C=O) groups excluding carboxylic acids is 1. The molecule has 1 saturated heterocycles. The van der Waals surface area contributed by atoms with Gasteiger partial charge in [0, 0.05) is 19.3 Å². The molecule has 0 bridgehead atoms. The number of nitrogens with zero attached hydrogens (tertiary/aromatic N) is 1. The summed E-state index contributed by atoms with van der Waals surface area (Å²) in [6.45, 7) is 0.821. The highest BCUT2D eigenvalue weighted by atomic mass is 19.4. The number of ether oxygens (including phenoxy) is 1. The minimum absolute atomic E-state index is 0.0144. The van der Waals surface area contributed by atoms with Gasteiger partial charge in [-0.25, -0.2) is 0 Å². The molecule has 1 spiro atoms. The number of aliphatic hydroxyl groups is 1. The van der Waals surface area contributed by atoms with Gasteiger partial charge in [-0.15, -0.1) is 0 Å². The SMILES string of the molecule is COCC1(O)CCC2(CCN(c3ccc(CC(F)(F)F)cc3)C2=O)CC1. The van der Waals surface area contributed by atoms with E-state index in [-0.39, 0.29) is 18.1 Å². The maximum Gasteiger partial charge on any atom is 0.393 e. The second-order valence-electron chi connectivity index (χ2n) is 7.60. The summed E-state index contributed by atoms with van der Waals surface area (Å²) in [5.41, 5.74) is -0.516. The van der Waals surface area contributed by atoms with Crippen molar-refractivity contribution in [2.75, 3.05) is 25.2 Å². The molecule has 0 unspecified atom stereocenters. The third-order valence-corrected chi connectivity index (χ3v) is 5.72. The Bertz CT molecular complexity index is 649. The first-order valence-corrected chi connectivity index (χ1v) is 8.85. The van der Waals surface area contributed by atoms with Gasteiger partial charge in [0.2, 0.25) is 5.91 Å². The van der Waals surface area contributed by atoms with E-state index in [9.17, 15) is 23.1 Å². The number of rotatable bonds is 4. The molecule has 4 nitrogen and oxygen atoms in total. The first-order valence-electron chi connectivity index (χ1n) is 8.85. The maximum absolute atomic E-state index is 13.0. The minimum Gasteiger partial charge on any atom is -0.387 e. The van der Waals surface area contributed by atoms with E-state index in [1.54, 1.807) is 24.1 Å². The van der Waals surface area contributed by atoms with Crippen molar-refractivity contribution in [1.82, 2.24) is 0 Å². The molecule has 26 heavy (non-hydrogen) atoms. The van der Waals surface area contributed by atoms with Crippen LogP contribution < -0.4 is 4.90 Å². The van der Waals surface area contributed by atoms with Crippen molar-refractivity contribution in [3.8, 4) is 0 Å². The van der Waals surface area contributed by atoms with E-state index in [0.717, 1.165) is 0 Å². The first kappa shape index (κ1) is 19.2. The predicted octanol–water partition coefficient (Wildman–Crippen LogP) is 3.47. The Morgan fingerprint density at radius 2 is 1.73 bits per heavy atom. The number of benzene rings is 1. The van der Waals surface area contributed by atoms with Gasteiger partial charge in [0.15, 0.2) is 0 Å². The number of halogens is 3. The monoisotopic (exact) mass is 371 g/mol. The van der Waals surface area contributed by atoms with Gasteiger partial charge in [-0.1, -0.05) is 12.1 Å². The fraction of sp³-hybridized carbons (Fsp3) is 0.632. The smallest absolute Gasteiger partial charge is 0.387 e. The van der Waals surface area contributed by atoms with Crippen molar-refractivity contribution in [3.05, 3.63) is 29.8 Å². The molecule has 1 aliphatic carbocycles. The summed E-state index contributed by atoms with van der Waals surface area (Å²) in [6.07, 6.45) is -2.25. The molecule has 0 atom stereocenters. The summed E-state index contributed by atoms with van der Waals surface area (Å²) >= 11 is 0. The van der Waals surface area contributed by atoms with E-state index < -0.39 is 23.6 Å². The molecule has 3 rings (SSSR count). The zero-order valence-electron chi connectivity index (χ0n) is 14.8. The van der Waals surface area contributed by atoms with Crippen molar-refractivity contribution < 1.29 is 27.8 Å². The van der Waals surface area contributed by atoms with E-state index in [2.05, 4.69) is 0 Å². The summed E-state index contributed by atoms with van der Waals surface area (Å²) in [5, 5.41) is 10.5. The Kier molecular flexibility index (Phi) is 5.05. The topological polar surface area (TPSA) is 49.8 Å². The number of amides is 1. The molecule has 1 aromatic rings. The Morgan fingerprint density at radius 1 is 1.12 bits per heavy atom. The van der Waals surface area contributed by atoms with Crippen molar-refractivity contribution >= 4 is 11.6 Å². The number of carbonyl (C=O) groups is 1. The lowest BCUT2D eigenvalue weighted by molar-refractivity contribution is -0.133. The van der Waals surface area contributed by atoms with Crippen LogP contribution in [-0.4, -0.2) is 43.1 Å². The summed E-state index contributed by atoms with van der Waals surface area (Å²) in [7, 11) is 1.55. The molecule has 1 aromatic carbocycles. The van der Waals surface area contributed by atoms with Crippen LogP contribution in [0.25, 0.3) is 0 Å². The Labute approximate surface area is 150 Å². The van der Waals surface area contributed by atoms with Crippen molar-refractivity contribution in [3.63, 3.8) is 0 Å². The molecule has 1 amide bonds. The van der Waals surface area contributed by atoms with Gasteiger partial charge in [-0.2, -0.15) is 13.2 Å². The van der Waals surface area contributed by atoms with Gasteiger partial charge in [-0.05, 0) is 49.8 Å². The van der Waals surface area contributed by atoms with Gasteiger partial charge in [0.1, 0.15) is 0 Å². The van der Waals surface area contributed by atoms with E-state index in [1.807, 2.05) is 0 Å². The normalized spacial score (nSPS) is 29.6. The third kappa shape index (κ3) is 3.88. The number of alkyl halides is 3. The van der Waals surface area contributed by atoms with Crippen LogP contribution in [0.15, 0.2) is 24.3 Å². The van der Waals surface area contributed by atoms with Crippen LogP contribution >= 0.6 is 0 Å². The zero-order chi connectivity index (χ0) is 19.0. The van der Waals surface area contributed by atoms with Crippen LogP contribution in [0.3, 0.4) is 0 Å². The standard InChI is InChI=1S/C19H24F3NO3/c1-26-13-18(25)8-6-17(7-9-18)10-11-23(16(17)24)15-4-2-14(3-5-15)12-19(20,21)22/h2-5,25H,6-13H2,1H3. The van der Waals surface area contributed by atoms with E-state index in [1.165, 1.54) is 12.1 Å². The molecule has 1 saturated carbocycles. The third-order valence-electron chi connectivity index (χ3n) is 5.72. The number of methoxy groups -OCH3 is 1. The van der Waals surface area contributed by atoms with E-state index in [0.29, 0.717) is 44.3 Å². The number of anilines is 1. The molecular formula is C19H24F3NO3. The average molecular weight is 371 g/mol. The van der Waals surface area contributed by atoms with Crippen LogP contribution in [0.5, 0.6) is 0 Å². The lowest BCUT2D eigenvalue weighted by Gasteiger charge is -2.40. The van der Waals surface area contributed by atoms with E-state index >= 15 is 0 Å². The second-order valence-corrected chi connectivity index (χ2v) is 7.60. The molecule has 2 fully saturated rings. The minimum atomic E-state index is -4.24. The number of hydrogen-bond donors (Lipinski definition) is 1. The van der Waals surface area contributed by atoms with Gasteiger partial charge in [-0.3, -0.25) is 4.79 Å². The van der Waals surface area contributed by atoms with Crippen LogP contribution in [0.1, 0.15) is 37.7 Å². The summed E-state index contributed by atoms with van der Waals surface area (Å²) in [6, 6.07) is 6.03. The van der Waals surface area contributed by atoms with Crippen LogP contribution in [-0.2, 0) is 16.0 Å². The van der Waals surface area contributed by atoms with E-state index in [4.69, 9.17) is 4.74 Å². The van der Waals surface area contributed by atoms with Crippen LogP contribution in [0, 0.1) is 5.41 Å². The molecule has 0 radical (unpaired) electrons. The number of hydrogen-bond acceptors (Lipinski definition) is 3. The molecular weight excluding hydrogens is 347 g/mol. The molecule has 2 aliphatic rings. The predicted molar refractivity (Wildman–Crippen MR) is 90.9 cm³/mol. The first-order chi connectivity index (χ1) is 12.2. The lowest BCUT2D eigenvalue weighted by atomic mass is 9.68. The molecule has 144 valence electrons. The summed E-state index contributed by atoms with van der Waals surface area (Å²) in [4.78, 5) is 14.7. The van der Waals surface area contributed by atoms with Crippen molar-refractivity contribution in [2.24, 2.45) is 5.41 Å². The molecule has 7 heteroatoms. The van der Waals surface area contributed by atoms with Gasteiger partial charge >= 0.3 is 6.18 Å². The summed E-state index contributed by atoms with van der Waals surface area (Å²) < 4.78 is 42.5. The summed E-state index contributed by atoms with van der Waals surface area (Å²) in [5.74, 6) is 0.0144. The maximum atomic E-state index is 13.0. The second kappa shape index (κ2) is 6.85. The zero-order valence-corrected chi connectivity index (χ0v) is 14.8. The van der Waals surface area contributed by atoms with Crippen molar-refractivity contribution in [1.29, 1.82) is 0 Å². The highest BCUT2D eigenvalue weighted by Crippen LogP contribution is 2.48. The van der Waals surface area contributed by atoms with Gasteiger partial charge in [0.05, 0.1) is 24.0 Å². The molecule has 1 heterocycles. The Balaban J connectivity index is 1.68. The molecule has 1 N–H and O–H groups in total. The fourth-order valence-electron chi connectivity index (χ4n) is 4.16. The lowest BCUT2D eigenvalue weighted by Crippen LogP contribution is -2.45. The Morgan fingerprint density at radius 3 is 2.27 bits per heavy atom. The van der Waals surface area contributed by atoms with Crippen LogP contribution in [0.4, 0.5) is 18.9 Å². The highest BCUT2D eigenvalue weighted by molar-refractivity contribution is 6.00. The average Bonchev–Trinajstić information content (AvgIpc) is 2.88. The van der Waals surface area contributed by atoms with Gasteiger partial charge in [0.25, 0.3) is 0 Å². The Hall–Kier alpha value is -1.60. The molecule has 0 aromatic heterocycles. The van der Waals surface area contributed by atoms with Crippen LogP contribution in [0.2, 0.25) is 0 Å².